The fourth-order valence-corrected chi connectivity index (χ4v) is 0.379. The van der Waals surface area contributed by atoms with Gasteiger partial charge in [-0.2, -0.15) is 0 Å². The van der Waals surface area contributed by atoms with Gasteiger partial charge < -0.3 is 0 Å². The first-order valence-corrected chi connectivity index (χ1v) is 3.09. The third kappa shape index (κ3) is 1.78. The summed E-state index contributed by atoms with van der Waals surface area (Å²) < 4.78 is 0. The van der Waals surface area contributed by atoms with E-state index in [4.69, 9.17) is 11.6 Å². The predicted molar refractivity (Wildman–Crippen MR) is 35.0 cm³/mol. The molecule has 2 nitrogen and oxygen atoms in total. The van der Waals surface area contributed by atoms with Gasteiger partial charge in [-0.05, 0) is 18.0 Å². The summed E-state index contributed by atoms with van der Waals surface area (Å²) in [6.07, 6.45) is 1.21. The molecule has 3 heteroatoms. The fourth-order valence-electron chi connectivity index (χ4n) is 0.379. The van der Waals surface area contributed by atoms with Crippen LogP contribution in [0.1, 0.15) is 26.7 Å². The summed E-state index contributed by atoms with van der Waals surface area (Å²) in [5.74, 6) is 0. The van der Waals surface area contributed by atoms with Gasteiger partial charge in [-0.3, -0.25) is 0 Å². The minimum atomic E-state index is -0.833. The van der Waals surface area contributed by atoms with E-state index in [1.54, 1.807) is 0 Å². The normalized spacial score (nSPS) is 11.4. The zero-order valence-electron chi connectivity index (χ0n) is 5.15. The molecule has 0 heterocycles. The Kier molecular flexibility index (Phi) is 2.98. The van der Waals surface area contributed by atoms with Crippen LogP contribution in [-0.2, 0) is 0 Å². The van der Waals surface area contributed by atoms with Crippen molar-refractivity contribution in [2.75, 3.05) is 0 Å². The summed E-state index contributed by atoms with van der Waals surface area (Å²) in [5.41, 5.74) is 0. The Morgan fingerprint density at radius 1 is 1.50 bits per heavy atom. The fraction of sp³-hybridized carbons (Fsp3) is 1.00. The standard InChI is InChI=1S/C5H10ClNO/c1-3-5(6,4-2)7-8/h3-4H2,1-2H3. The molecule has 0 N–H and O–H groups in total. The Morgan fingerprint density at radius 3 is 1.88 bits per heavy atom. The summed E-state index contributed by atoms with van der Waals surface area (Å²) in [5, 5.41) is 2.77. The van der Waals surface area contributed by atoms with Gasteiger partial charge in [0.05, 0.1) is 0 Å². The second kappa shape index (κ2) is 3.02. The first kappa shape index (κ1) is 7.89. The summed E-state index contributed by atoms with van der Waals surface area (Å²) in [4.78, 5) is 9.07. The lowest BCUT2D eigenvalue weighted by Gasteiger charge is -2.11. The summed E-state index contributed by atoms with van der Waals surface area (Å²) in [6, 6.07) is 0. The van der Waals surface area contributed by atoms with E-state index in [2.05, 4.69) is 5.18 Å². The van der Waals surface area contributed by atoms with Crippen LogP contribution in [0.2, 0.25) is 0 Å². The Bertz CT molecular complexity index is 80.5. The van der Waals surface area contributed by atoms with Gasteiger partial charge in [0.2, 0.25) is 0 Å². The minimum absolute atomic E-state index is 0.606. The summed E-state index contributed by atoms with van der Waals surface area (Å²) >= 11 is 5.61. The number of nitrogens with zero attached hydrogens (tertiary/aromatic N) is 1. The maximum atomic E-state index is 9.91. The molecule has 0 saturated carbocycles. The Hall–Kier alpha value is -0.110. The van der Waals surface area contributed by atoms with Crippen LogP contribution in [0.15, 0.2) is 5.18 Å². The molecule has 0 aliphatic rings. The largest absolute Gasteiger partial charge is 0.175 e. The predicted octanol–water partition coefficient (Wildman–Crippen LogP) is 2.51. The third-order valence-electron chi connectivity index (χ3n) is 1.25. The highest BCUT2D eigenvalue weighted by Gasteiger charge is 2.22. The van der Waals surface area contributed by atoms with E-state index in [0.29, 0.717) is 12.8 Å². The average Bonchev–Trinajstić information content (AvgIpc) is 1.87. The van der Waals surface area contributed by atoms with Crippen LogP contribution < -0.4 is 0 Å². The summed E-state index contributed by atoms with van der Waals surface area (Å²) in [6.45, 7) is 3.69. The lowest BCUT2D eigenvalue weighted by atomic mass is 10.2. The molecule has 0 aromatic carbocycles. The Morgan fingerprint density at radius 2 is 1.88 bits per heavy atom. The van der Waals surface area contributed by atoms with Crippen molar-refractivity contribution in [1.82, 2.24) is 0 Å². The van der Waals surface area contributed by atoms with E-state index < -0.39 is 5.00 Å². The zero-order chi connectivity index (χ0) is 6.62. The molecule has 0 aliphatic heterocycles. The van der Waals surface area contributed by atoms with Crippen LogP contribution in [0, 0.1) is 4.91 Å². The van der Waals surface area contributed by atoms with Gasteiger partial charge in [0, 0.05) is 0 Å². The van der Waals surface area contributed by atoms with Gasteiger partial charge in [-0.15, -0.1) is 4.91 Å². The maximum absolute atomic E-state index is 9.91. The van der Waals surface area contributed by atoms with E-state index in [1.165, 1.54) is 0 Å². The van der Waals surface area contributed by atoms with Crippen molar-refractivity contribution in [3.63, 3.8) is 0 Å². The average molecular weight is 136 g/mol. The zero-order valence-corrected chi connectivity index (χ0v) is 5.90. The van der Waals surface area contributed by atoms with Crippen molar-refractivity contribution in [2.24, 2.45) is 5.18 Å². The van der Waals surface area contributed by atoms with E-state index in [1.807, 2.05) is 13.8 Å². The van der Waals surface area contributed by atoms with Gasteiger partial charge in [0.1, 0.15) is 0 Å². The van der Waals surface area contributed by atoms with Gasteiger partial charge in [-0.1, -0.05) is 25.4 Å². The molecular weight excluding hydrogens is 126 g/mol. The monoisotopic (exact) mass is 135 g/mol. The molecule has 0 spiro atoms. The molecule has 0 fully saturated rings. The van der Waals surface area contributed by atoms with Crippen LogP contribution in [0.5, 0.6) is 0 Å². The second-order valence-corrected chi connectivity index (χ2v) is 2.42. The molecule has 0 aliphatic carbocycles. The number of hydrogen-bond donors (Lipinski definition) is 0. The minimum Gasteiger partial charge on any atom is -0.149 e. The number of hydrogen-bond acceptors (Lipinski definition) is 2. The van der Waals surface area contributed by atoms with Crippen molar-refractivity contribution >= 4 is 11.6 Å². The molecule has 0 atom stereocenters. The number of nitroso groups, excluding NO2 is 1. The molecular formula is C5H10ClNO. The van der Waals surface area contributed by atoms with Crippen molar-refractivity contribution < 1.29 is 0 Å². The van der Waals surface area contributed by atoms with Crippen LogP contribution in [0.3, 0.4) is 0 Å². The van der Waals surface area contributed by atoms with Crippen LogP contribution in [0.4, 0.5) is 0 Å². The maximum Gasteiger partial charge on any atom is 0.175 e. The van der Waals surface area contributed by atoms with Crippen molar-refractivity contribution in [3.05, 3.63) is 4.91 Å². The lowest BCUT2D eigenvalue weighted by molar-refractivity contribution is 0.557. The Balaban J connectivity index is 3.76. The SMILES string of the molecule is CCC(Cl)(CC)N=O. The number of halogens is 1. The van der Waals surface area contributed by atoms with E-state index in [0.717, 1.165) is 0 Å². The van der Waals surface area contributed by atoms with Gasteiger partial charge in [-0.25, -0.2) is 0 Å². The van der Waals surface area contributed by atoms with E-state index in [9.17, 15) is 4.91 Å². The van der Waals surface area contributed by atoms with Gasteiger partial charge in [0.25, 0.3) is 0 Å². The lowest BCUT2D eigenvalue weighted by Crippen LogP contribution is -2.13. The molecule has 0 amide bonds. The van der Waals surface area contributed by atoms with Gasteiger partial charge >= 0.3 is 0 Å². The van der Waals surface area contributed by atoms with Gasteiger partial charge in [0.15, 0.2) is 5.00 Å². The van der Waals surface area contributed by atoms with Crippen molar-refractivity contribution in [1.29, 1.82) is 0 Å². The molecule has 0 unspecified atom stereocenters. The van der Waals surface area contributed by atoms with Crippen LogP contribution >= 0.6 is 11.6 Å². The summed E-state index contributed by atoms with van der Waals surface area (Å²) in [7, 11) is 0. The van der Waals surface area contributed by atoms with E-state index in [-0.39, 0.29) is 0 Å². The van der Waals surface area contributed by atoms with Crippen molar-refractivity contribution in [2.45, 2.75) is 31.7 Å². The molecule has 0 saturated heterocycles. The highest BCUT2D eigenvalue weighted by atomic mass is 35.5. The quantitative estimate of drug-likeness (QED) is 0.332. The number of alkyl halides is 1. The smallest absolute Gasteiger partial charge is 0.149 e. The molecule has 0 radical (unpaired) electrons. The van der Waals surface area contributed by atoms with Crippen LogP contribution in [0.25, 0.3) is 0 Å². The second-order valence-electron chi connectivity index (χ2n) is 1.72. The number of rotatable bonds is 3. The molecule has 0 bridgehead atoms. The molecule has 0 aromatic heterocycles. The topological polar surface area (TPSA) is 29.4 Å². The third-order valence-corrected chi connectivity index (χ3v) is 1.85. The highest BCUT2D eigenvalue weighted by molar-refractivity contribution is 6.23. The van der Waals surface area contributed by atoms with Crippen molar-refractivity contribution in [3.8, 4) is 0 Å². The van der Waals surface area contributed by atoms with E-state index >= 15 is 0 Å². The van der Waals surface area contributed by atoms with Crippen LogP contribution in [-0.4, -0.2) is 5.00 Å². The first-order valence-electron chi connectivity index (χ1n) is 2.72. The highest BCUT2D eigenvalue weighted by Crippen LogP contribution is 2.24. The molecule has 0 rings (SSSR count). The Labute approximate surface area is 54.2 Å². The molecule has 8 heavy (non-hydrogen) atoms. The molecule has 48 valence electrons. The molecule has 0 aromatic rings. The first-order chi connectivity index (χ1) is 3.68.